The molecule has 0 spiro atoms. The highest BCUT2D eigenvalue weighted by Crippen LogP contribution is 2.18. The van der Waals surface area contributed by atoms with E-state index >= 15 is 0 Å². The topological polar surface area (TPSA) is 84.9 Å². The zero-order valence-electron chi connectivity index (χ0n) is 13.5. The predicted molar refractivity (Wildman–Crippen MR) is 86.0 cm³/mol. The molecule has 0 unspecified atom stereocenters. The molecule has 1 aliphatic rings. The van der Waals surface area contributed by atoms with Crippen molar-refractivity contribution in [2.24, 2.45) is 5.92 Å². The van der Waals surface area contributed by atoms with Gasteiger partial charge in [0, 0.05) is 25.6 Å². The lowest BCUT2D eigenvalue weighted by atomic mass is 10.1. The second-order valence-electron chi connectivity index (χ2n) is 5.67. The molecule has 1 aromatic carbocycles. The molecule has 1 heterocycles. The lowest BCUT2D eigenvalue weighted by Gasteiger charge is -2.21. The Morgan fingerprint density at radius 1 is 1.30 bits per heavy atom. The van der Waals surface area contributed by atoms with Gasteiger partial charge in [0.1, 0.15) is 5.75 Å². The first-order chi connectivity index (χ1) is 10.8. The van der Waals surface area contributed by atoms with Crippen molar-refractivity contribution in [1.29, 1.82) is 0 Å². The molecule has 1 aliphatic heterocycles. The van der Waals surface area contributed by atoms with Crippen LogP contribution in [0.1, 0.15) is 10.4 Å². The molecule has 7 nitrogen and oxygen atoms in total. The predicted octanol–water partition coefficient (Wildman–Crippen LogP) is 0.331. The molecule has 1 amide bonds. The van der Waals surface area contributed by atoms with Crippen LogP contribution < -0.4 is 10.1 Å². The number of nitrogens with one attached hydrogen (secondary N) is 1. The van der Waals surface area contributed by atoms with Gasteiger partial charge in [-0.3, -0.25) is 4.79 Å². The summed E-state index contributed by atoms with van der Waals surface area (Å²) in [6.07, 6.45) is 0. The molecule has 0 aliphatic carbocycles. The number of amides is 1. The van der Waals surface area contributed by atoms with E-state index in [1.807, 2.05) is 0 Å². The van der Waals surface area contributed by atoms with Crippen molar-refractivity contribution in [3.63, 3.8) is 0 Å². The molecule has 8 heteroatoms. The van der Waals surface area contributed by atoms with E-state index in [2.05, 4.69) is 5.32 Å². The van der Waals surface area contributed by atoms with Gasteiger partial charge in [0.2, 0.25) is 10.0 Å². The maximum absolute atomic E-state index is 12.3. The van der Waals surface area contributed by atoms with Gasteiger partial charge in [0.05, 0.1) is 32.1 Å². The summed E-state index contributed by atoms with van der Waals surface area (Å²) in [4.78, 5) is 12.3. The molecular weight excluding hydrogens is 320 g/mol. The summed E-state index contributed by atoms with van der Waals surface area (Å²) in [7, 11) is 1.21. The average molecular weight is 342 g/mol. The van der Waals surface area contributed by atoms with Crippen LogP contribution in [-0.2, 0) is 14.8 Å². The molecule has 0 saturated carbocycles. The number of sulfonamides is 1. The van der Waals surface area contributed by atoms with E-state index in [1.54, 1.807) is 31.4 Å². The van der Waals surface area contributed by atoms with Gasteiger partial charge >= 0.3 is 0 Å². The highest BCUT2D eigenvalue weighted by atomic mass is 32.2. The minimum absolute atomic E-state index is 0.0481. The SMILES string of the molecule is COc1ccc(C(=O)N[C@@H]2COC[C@H]2CS(=O)(=O)N(C)C)cc1. The van der Waals surface area contributed by atoms with Crippen molar-refractivity contribution in [1.82, 2.24) is 9.62 Å². The molecule has 0 bridgehead atoms. The van der Waals surface area contributed by atoms with Crippen molar-refractivity contribution in [3.05, 3.63) is 29.8 Å². The molecular formula is C15H22N2O5S. The number of carbonyl (C=O) groups is 1. The standard InChI is InChI=1S/C15H22N2O5S/c1-17(2)23(19,20)10-12-8-22-9-14(12)16-15(18)11-4-6-13(21-3)7-5-11/h4-7,12,14H,8-10H2,1-3H3,(H,16,18)/t12-,14+/m0/s1. The fourth-order valence-electron chi connectivity index (χ4n) is 2.34. The van der Waals surface area contributed by atoms with Crippen LogP contribution in [0, 0.1) is 5.92 Å². The minimum Gasteiger partial charge on any atom is -0.497 e. The molecule has 2 rings (SSSR count). The van der Waals surface area contributed by atoms with Gasteiger partial charge in [-0.2, -0.15) is 0 Å². The number of hydrogen-bond acceptors (Lipinski definition) is 5. The van der Waals surface area contributed by atoms with E-state index in [-0.39, 0.29) is 23.6 Å². The summed E-state index contributed by atoms with van der Waals surface area (Å²) in [6.45, 7) is 0.635. The Kier molecular flexibility index (Phi) is 5.61. The summed E-state index contributed by atoms with van der Waals surface area (Å²) in [6, 6.07) is 6.41. The Morgan fingerprint density at radius 3 is 2.52 bits per heavy atom. The number of carbonyl (C=O) groups excluding carboxylic acids is 1. The Labute approximate surface area is 136 Å². The first kappa shape index (κ1) is 17.7. The molecule has 1 N–H and O–H groups in total. The van der Waals surface area contributed by atoms with E-state index in [0.29, 0.717) is 24.5 Å². The van der Waals surface area contributed by atoms with Gasteiger partial charge < -0.3 is 14.8 Å². The summed E-state index contributed by atoms with van der Waals surface area (Å²) < 4.78 is 35.6. The Hall–Kier alpha value is -1.64. The van der Waals surface area contributed by atoms with Gasteiger partial charge in [0.25, 0.3) is 5.91 Å². The minimum atomic E-state index is -3.34. The van der Waals surface area contributed by atoms with Crippen LogP contribution in [-0.4, -0.2) is 64.8 Å². The van der Waals surface area contributed by atoms with E-state index in [0.717, 1.165) is 0 Å². The Morgan fingerprint density at radius 2 is 1.96 bits per heavy atom. The summed E-state index contributed by atoms with van der Waals surface area (Å²) in [5.41, 5.74) is 0.493. The molecule has 128 valence electrons. The highest BCUT2D eigenvalue weighted by Gasteiger charge is 2.34. The van der Waals surface area contributed by atoms with E-state index in [1.165, 1.54) is 18.4 Å². The zero-order chi connectivity index (χ0) is 17.0. The number of benzene rings is 1. The number of hydrogen-bond donors (Lipinski definition) is 1. The quantitative estimate of drug-likeness (QED) is 0.805. The van der Waals surface area contributed by atoms with Crippen molar-refractivity contribution < 1.29 is 22.7 Å². The van der Waals surface area contributed by atoms with Gasteiger partial charge in [-0.05, 0) is 24.3 Å². The normalized spacial score (nSPS) is 21.4. The Bertz CT molecular complexity index is 642. The van der Waals surface area contributed by atoms with Gasteiger partial charge in [-0.15, -0.1) is 0 Å². The van der Waals surface area contributed by atoms with Crippen LogP contribution in [0.4, 0.5) is 0 Å². The highest BCUT2D eigenvalue weighted by molar-refractivity contribution is 7.89. The van der Waals surface area contributed by atoms with Crippen molar-refractivity contribution in [2.75, 3.05) is 40.2 Å². The fourth-order valence-corrected chi connectivity index (χ4v) is 3.50. The largest absolute Gasteiger partial charge is 0.497 e. The zero-order valence-corrected chi connectivity index (χ0v) is 14.3. The molecule has 0 radical (unpaired) electrons. The third-order valence-electron chi connectivity index (χ3n) is 3.85. The molecule has 1 fully saturated rings. The smallest absolute Gasteiger partial charge is 0.251 e. The van der Waals surface area contributed by atoms with Gasteiger partial charge in [0.15, 0.2) is 0 Å². The maximum atomic E-state index is 12.3. The van der Waals surface area contributed by atoms with Gasteiger partial charge in [-0.1, -0.05) is 0 Å². The monoisotopic (exact) mass is 342 g/mol. The van der Waals surface area contributed by atoms with Crippen LogP contribution in [0.25, 0.3) is 0 Å². The lowest BCUT2D eigenvalue weighted by Crippen LogP contribution is -2.43. The third-order valence-corrected chi connectivity index (χ3v) is 5.81. The number of rotatable bonds is 6. The summed E-state index contributed by atoms with van der Waals surface area (Å²) >= 11 is 0. The van der Waals surface area contributed by atoms with Crippen LogP contribution in [0.2, 0.25) is 0 Å². The summed E-state index contributed by atoms with van der Waals surface area (Å²) in [5.74, 6) is 0.105. The van der Waals surface area contributed by atoms with Crippen molar-refractivity contribution in [3.8, 4) is 5.75 Å². The molecule has 0 aromatic heterocycles. The number of methoxy groups -OCH3 is 1. The second kappa shape index (κ2) is 7.29. The molecule has 23 heavy (non-hydrogen) atoms. The molecule has 1 saturated heterocycles. The number of ether oxygens (including phenoxy) is 2. The molecule has 2 atom stereocenters. The number of nitrogens with zero attached hydrogens (tertiary/aromatic N) is 1. The van der Waals surface area contributed by atoms with Crippen LogP contribution in [0.3, 0.4) is 0 Å². The van der Waals surface area contributed by atoms with Gasteiger partial charge in [-0.25, -0.2) is 12.7 Å². The first-order valence-electron chi connectivity index (χ1n) is 7.26. The van der Waals surface area contributed by atoms with Crippen LogP contribution in [0.5, 0.6) is 5.75 Å². The average Bonchev–Trinajstić information content (AvgIpc) is 2.93. The van der Waals surface area contributed by atoms with E-state index in [9.17, 15) is 13.2 Å². The fraction of sp³-hybridized carbons (Fsp3) is 0.533. The summed E-state index contributed by atoms with van der Waals surface area (Å²) in [5, 5.41) is 2.86. The van der Waals surface area contributed by atoms with Crippen molar-refractivity contribution >= 4 is 15.9 Å². The first-order valence-corrected chi connectivity index (χ1v) is 8.87. The second-order valence-corrected chi connectivity index (χ2v) is 7.89. The van der Waals surface area contributed by atoms with Crippen LogP contribution in [0.15, 0.2) is 24.3 Å². The van der Waals surface area contributed by atoms with E-state index in [4.69, 9.17) is 9.47 Å². The maximum Gasteiger partial charge on any atom is 0.251 e. The third kappa shape index (κ3) is 4.43. The Balaban J connectivity index is 2.01. The van der Waals surface area contributed by atoms with Crippen LogP contribution >= 0.6 is 0 Å². The van der Waals surface area contributed by atoms with E-state index < -0.39 is 10.0 Å². The van der Waals surface area contributed by atoms with Crippen molar-refractivity contribution in [2.45, 2.75) is 6.04 Å². The molecule has 1 aromatic rings. The lowest BCUT2D eigenvalue weighted by molar-refractivity contribution is 0.0926.